The number of amides is 1. The lowest BCUT2D eigenvalue weighted by Gasteiger charge is -2.34. The third-order valence-corrected chi connectivity index (χ3v) is 6.10. The maximum atomic E-state index is 13.0. The van der Waals surface area contributed by atoms with Gasteiger partial charge in [0.1, 0.15) is 5.56 Å². The van der Waals surface area contributed by atoms with E-state index in [4.69, 9.17) is 0 Å². The average Bonchev–Trinajstić information content (AvgIpc) is 3.25. The number of nitrogens with zero attached hydrogens (tertiary/aromatic N) is 3. The van der Waals surface area contributed by atoms with Gasteiger partial charge in [-0.05, 0) is 31.6 Å². The molecule has 0 N–H and O–H groups in total. The maximum absolute atomic E-state index is 13.0. The van der Waals surface area contributed by atoms with E-state index in [0.29, 0.717) is 16.9 Å². The van der Waals surface area contributed by atoms with Gasteiger partial charge in [0.2, 0.25) is 0 Å². The van der Waals surface area contributed by atoms with Crippen molar-refractivity contribution in [2.24, 2.45) is 5.92 Å². The average molecular weight is 331 g/mol. The summed E-state index contributed by atoms with van der Waals surface area (Å²) in [7, 11) is 0. The third kappa shape index (κ3) is 2.59. The van der Waals surface area contributed by atoms with Crippen LogP contribution in [0.15, 0.2) is 22.6 Å². The van der Waals surface area contributed by atoms with Crippen LogP contribution in [0.2, 0.25) is 0 Å². The molecule has 1 aliphatic carbocycles. The first-order valence-electron chi connectivity index (χ1n) is 8.51. The molecule has 1 saturated carbocycles. The summed E-state index contributed by atoms with van der Waals surface area (Å²) in [6.45, 7) is 0.770. The van der Waals surface area contributed by atoms with Gasteiger partial charge in [0.25, 0.3) is 11.5 Å². The number of hydrogen-bond donors (Lipinski definition) is 0. The molecule has 2 aromatic rings. The Kier molecular flexibility index (Phi) is 3.93. The number of thiazole rings is 1. The van der Waals surface area contributed by atoms with Gasteiger partial charge in [-0.25, -0.2) is 4.98 Å². The Labute approximate surface area is 139 Å². The van der Waals surface area contributed by atoms with Crippen molar-refractivity contribution in [2.45, 2.75) is 51.0 Å². The first kappa shape index (κ1) is 14.9. The van der Waals surface area contributed by atoms with Gasteiger partial charge < -0.3 is 4.90 Å². The predicted octanol–water partition coefficient (Wildman–Crippen LogP) is 2.94. The van der Waals surface area contributed by atoms with Gasteiger partial charge in [0.15, 0.2) is 4.96 Å². The second kappa shape index (κ2) is 6.07. The van der Waals surface area contributed by atoms with Gasteiger partial charge in [-0.2, -0.15) is 0 Å². The monoisotopic (exact) mass is 331 g/mol. The second-order valence-electron chi connectivity index (χ2n) is 6.64. The normalized spacial score (nSPS) is 22.8. The lowest BCUT2D eigenvalue weighted by Crippen LogP contribution is -2.42. The maximum Gasteiger partial charge on any atom is 0.271 e. The highest BCUT2D eigenvalue weighted by Gasteiger charge is 2.36. The van der Waals surface area contributed by atoms with Crippen molar-refractivity contribution in [2.75, 3.05) is 6.54 Å². The molecule has 1 aliphatic heterocycles. The Morgan fingerprint density at radius 2 is 2.00 bits per heavy atom. The summed E-state index contributed by atoms with van der Waals surface area (Å²) < 4.78 is 1.48. The van der Waals surface area contributed by atoms with E-state index in [9.17, 15) is 9.59 Å². The molecule has 5 nitrogen and oxygen atoms in total. The van der Waals surface area contributed by atoms with Gasteiger partial charge >= 0.3 is 0 Å². The van der Waals surface area contributed by atoms with Gasteiger partial charge in [-0.15, -0.1) is 11.3 Å². The van der Waals surface area contributed by atoms with Crippen LogP contribution in [0.25, 0.3) is 4.96 Å². The summed E-state index contributed by atoms with van der Waals surface area (Å²) in [5.41, 5.74) is -0.0286. The minimum absolute atomic E-state index is 0.129. The topological polar surface area (TPSA) is 54.7 Å². The van der Waals surface area contributed by atoms with Crippen molar-refractivity contribution in [3.05, 3.63) is 33.7 Å². The molecule has 6 heteroatoms. The molecule has 2 fully saturated rings. The van der Waals surface area contributed by atoms with Gasteiger partial charge in [-0.3, -0.25) is 14.0 Å². The number of aromatic nitrogens is 2. The molecule has 0 unspecified atom stereocenters. The molecule has 0 radical (unpaired) electrons. The number of carbonyl (C=O) groups excluding carboxylic acids is 1. The fraction of sp³-hybridized carbons (Fsp3) is 0.588. The van der Waals surface area contributed by atoms with Gasteiger partial charge in [0.05, 0.1) is 0 Å². The van der Waals surface area contributed by atoms with E-state index < -0.39 is 0 Å². The second-order valence-corrected chi connectivity index (χ2v) is 7.51. The quantitative estimate of drug-likeness (QED) is 0.850. The first-order valence-corrected chi connectivity index (χ1v) is 9.39. The smallest absolute Gasteiger partial charge is 0.271 e. The summed E-state index contributed by atoms with van der Waals surface area (Å²) in [5.74, 6) is 0.479. The first-order chi connectivity index (χ1) is 11.3. The predicted molar refractivity (Wildman–Crippen MR) is 90.0 cm³/mol. The van der Waals surface area contributed by atoms with Crippen molar-refractivity contribution in [3.8, 4) is 0 Å². The van der Waals surface area contributed by atoms with Gasteiger partial charge in [-0.1, -0.05) is 19.3 Å². The summed E-state index contributed by atoms with van der Waals surface area (Å²) in [5, 5.41) is 1.82. The van der Waals surface area contributed by atoms with Crippen LogP contribution in [0.5, 0.6) is 0 Å². The zero-order valence-corrected chi connectivity index (χ0v) is 13.9. The van der Waals surface area contributed by atoms with Crippen molar-refractivity contribution < 1.29 is 4.79 Å². The highest BCUT2D eigenvalue weighted by atomic mass is 32.1. The number of rotatable bonds is 2. The molecule has 23 heavy (non-hydrogen) atoms. The molecule has 1 saturated heterocycles. The molecule has 1 amide bonds. The van der Waals surface area contributed by atoms with E-state index in [1.807, 2.05) is 10.3 Å². The van der Waals surface area contributed by atoms with E-state index in [1.165, 1.54) is 54.0 Å². The zero-order valence-electron chi connectivity index (χ0n) is 13.1. The molecule has 3 heterocycles. The summed E-state index contributed by atoms with van der Waals surface area (Å²) in [6, 6.07) is 0.311. The lowest BCUT2D eigenvalue weighted by atomic mass is 9.83. The molecule has 0 bridgehead atoms. The van der Waals surface area contributed by atoms with Crippen LogP contribution < -0.4 is 5.56 Å². The molecule has 2 aliphatic rings. The molecule has 4 rings (SSSR count). The van der Waals surface area contributed by atoms with Crippen LogP contribution in [0, 0.1) is 5.92 Å². The third-order valence-electron chi connectivity index (χ3n) is 5.33. The Morgan fingerprint density at radius 1 is 1.17 bits per heavy atom. The van der Waals surface area contributed by atoms with Crippen molar-refractivity contribution >= 4 is 22.2 Å². The minimum atomic E-state index is -0.240. The standard InChI is InChI=1S/C17H21N3O2S/c21-15(13-11-18-17-20(16(13)22)9-10-23-17)19-8-4-7-14(19)12-5-2-1-3-6-12/h9-12,14H,1-8H2/t14-/m0/s1. The molecule has 1 atom stereocenters. The molecular weight excluding hydrogens is 310 g/mol. The van der Waals surface area contributed by atoms with E-state index in [2.05, 4.69) is 4.98 Å². The van der Waals surface area contributed by atoms with Crippen LogP contribution in [0.3, 0.4) is 0 Å². The summed E-state index contributed by atoms with van der Waals surface area (Å²) in [4.78, 5) is 32.4. The fourth-order valence-electron chi connectivity index (χ4n) is 4.18. The van der Waals surface area contributed by atoms with E-state index in [-0.39, 0.29) is 17.0 Å². The van der Waals surface area contributed by atoms with E-state index >= 15 is 0 Å². The molecule has 0 aromatic carbocycles. The zero-order chi connectivity index (χ0) is 15.8. The van der Waals surface area contributed by atoms with Crippen molar-refractivity contribution in [1.82, 2.24) is 14.3 Å². The molecular formula is C17H21N3O2S. The Morgan fingerprint density at radius 3 is 2.83 bits per heavy atom. The Bertz CT molecular complexity index is 775. The van der Waals surface area contributed by atoms with Crippen molar-refractivity contribution in [3.63, 3.8) is 0 Å². The van der Waals surface area contributed by atoms with Crippen LogP contribution >= 0.6 is 11.3 Å². The number of hydrogen-bond acceptors (Lipinski definition) is 4. The number of carbonyl (C=O) groups is 1. The SMILES string of the molecule is O=C(c1cnc2sccn2c1=O)N1CCC[C@H]1C1CCCCC1. The van der Waals surface area contributed by atoms with E-state index in [1.54, 1.807) is 6.20 Å². The molecule has 2 aromatic heterocycles. The fourth-order valence-corrected chi connectivity index (χ4v) is 4.85. The summed E-state index contributed by atoms with van der Waals surface area (Å²) in [6.07, 6.45) is 11.6. The minimum Gasteiger partial charge on any atom is -0.335 e. The van der Waals surface area contributed by atoms with Crippen LogP contribution in [0.1, 0.15) is 55.3 Å². The number of fused-ring (bicyclic) bond motifs is 1. The summed E-state index contributed by atoms with van der Waals surface area (Å²) >= 11 is 1.40. The molecule has 0 spiro atoms. The highest BCUT2D eigenvalue weighted by Crippen LogP contribution is 2.34. The lowest BCUT2D eigenvalue weighted by molar-refractivity contribution is 0.0659. The van der Waals surface area contributed by atoms with E-state index in [0.717, 1.165) is 19.4 Å². The Balaban J connectivity index is 1.63. The Hall–Kier alpha value is -1.69. The largest absolute Gasteiger partial charge is 0.335 e. The van der Waals surface area contributed by atoms with Crippen molar-refractivity contribution in [1.29, 1.82) is 0 Å². The number of likely N-dealkylation sites (tertiary alicyclic amines) is 1. The van der Waals surface area contributed by atoms with Crippen LogP contribution in [0.4, 0.5) is 0 Å². The van der Waals surface area contributed by atoms with Gasteiger partial charge in [0, 0.05) is 30.4 Å². The highest BCUT2D eigenvalue weighted by molar-refractivity contribution is 7.15. The van der Waals surface area contributed by atoms with Crippen LogP contribution in [-0.4, -0.2) is 32.8 Å². The van der Waals surface area contributed by atoms with Crippen LogP contribution in [-0.2, 0) is 0 Å². The molecule has 122 valence electrons.